The van der Waals surface area contributed by atoms with Gasteiger partial charge in [0.2, 0.25) is 0 Å². The molecule has 0 saturated heterocycles. The summed E-state index contributed by atoms with van der Waals surface area (Å²) in [5.41, 5.74) is -1.12. The summed E-state index contributed by atoms with van der Waals surface area (Å²) in [6, 6.07) is 3.99. The molecule has 20 heavy (non-hydrogen) atoms. The first-order valence-corrected chi connectivity index (χ1v) is 7.61. The number of aldehydes is 1. The molecule has 110 valence electrons. The Balaban J connectivity index is 2.18. The molecule has 0 amide bonds. The van der Waals surface area contributed by atoms with Crippen LogP contribution in [0.5, 0.6) is 0 Å². The molecule has 2 atom stereocenters. The first-order valence-electron chi connectivity index (χ1n) is 6.73. The number of alkyl halides is 3. The van der Waals surface area contributed by atoms with Gasteiger partial charge in [0, 0.05) is 15.7 Å². The van der Waals surface area contributed by atoms with Gasteiger partial charge in [-0.15, -0.1) is 11.8 Å². The van der Waals surface area contributed by atoms with Gasteiger partial charge < -0.3 is 0 Å². The monoisotopic (exact) mass is 302 g/mol. The molecule has 5 heteroatoms. The second-order valence-electron chi connectivity index (χ2n) is 5.38. The van der Waals surface area contributed by atoms with Crippen LogP contribution in [0.2, 0.25) is 0 Å². The minimum atomic E-state index is -4.48. The third-order valence-electron chi connectivity index (χ3n) is 3.65. The largest absolute Gasteiger partial charge is 0.417 e. The Bertz CT molecular complexity index is 484. The SMILES string of the molecule is CC1CCCC(Sc2ccc(C=O)c(C(F)(F)F)c2)C1. The van der Waals surface area contributed by atoms with Gasteiger partial charge in [-0.1, -0.05) is 19.8 Å². The molecule has 1 aliphatic rings. The van der Waals surface area contributed by atoms with Gasteiger partial charge in [-0.25, -0.2) is 0 Å². The highest BCUT2D eigenvalue weighted by Crippen LogP contribution is 2.39. The number of hydrogen-bond acceptors (Lipinski definition) is 2. The van der Waals surface area contributed by atoms with Gasteiger partial charge in [-0.3, -0.25) is 4.79 Å². The minimum Gasteiger partial charge on any atom is -0.298 e. The number of carbonyl (C=O) groups is 1. The Morgan fingerprint density at radius 2 is 2.05 bits per heavy atom. The van der Waals surface area contributed by atoms with E-state index in [1.54, 1.807) is 6.07 Å². The minimum absolute atomic E-state index is 0.264. The highest BCUT2D eigenvalue weighted by atomic mass is 32.2. The van der Waals surface area contributed by atoms with E-state index < -0.39 is 11.7 Å². The van der Waals surface area contributed by atoms with E-state index in [2.05, 4.69) is 6.92 Å². The number of thioether (sulfide) groups is 1. The molecule has 0 aromatic heterocycles. The highest BCUT2D eigenvalue weighted by Gasteiger charge is 2.33. The lowest BCUT2D eigenvalue weighted by atomic mass is 9.91. The fraction of sp³-hybridized carbons (Fsp3) is 0.533. The van der Waals surface area contributed by atoms with E-state index in [9.17, 15) is 18.0 Å². The second kappa shape index (κ2) is 6.20. The fourth-order valence-corrected chi connectivity index (χ4v) is 4.06. The lowest BCUT2D eigenvalue weighted by Gasteiger charge is -2.26. The molecular formula is C15H17F3OS. The van der Waals surface area contributed by atoms with Gasteiger partial charge >= 0.3 is 6.18 Å². The molecule has 0 N–H and O–H groups in total. The molecule has 0 heterocycles. The maximum absolute atomic E-state index is 12.9. The normalized spacial score (nSPS) is 23.6. The fourth-order valence-electron chi connectivity index (χ4n) is 2.63. The van der Waals surface area contributed by atoms with Crippen LogP contribution in [0.1, 0.15) is 48.5 Å². The van der Waals surface area contributed by atoms with Crippen LogP contribution in [0.3, 0.4) is 0 Å². The molecule has 0 bridgehead atoms. The lowest BCUT2D eigenvalue weighted by Crippen LogP contribution is -2.15. The van der Waals surface area contributed by atoms with Crippen molar-refractivity contribution in [3.05, 3.63) is 29.3 Å². The Kier molecular flexibility index (Phi) is 4.78. The van der Waals surface area contributed by atoms with Crippen LogP contribution < -0.4 is 0 Å². The highest BCUT2D eigenvalue weighted by molar-refractivity contribution is 8.00. The van der Waals surface area contributed by atoms with E-state index in [1.165, 1.54) is 24.2 Å². The van der Waals surface area contributed by atoms with Gasteiger partial charge in [-0.05, 0) is 37.0 Å². The van der Waals surface area contributed by atoms with Crippen molar-refractivity contribution in [2.24, 2.45) is 5.92 Å². The molecule has 1 aliphatic carbocycles. The van der Waals surface area contributed by atoms with Crippen molar-refractivity contribution in [2.45, 2.75) is 48.9 Å². The number of halogens is 3. The van der Waals surface area contributed by atoms with E-state index >= 15 is 0 Å². The molecular weight excluding hydrogens is 285 g/mol. The molecule has 0 aliphatic heterocycles. The van der Waals surface area contributed by atoms with Crippen LogP contribution in [-0.2, 0) is 6.18 Å². The first kappa shape index (κ1) is 15.4. The Hall–Kier alpha value is -0.970. The smallest absolute Gasteiger partial charge is 0.298 e. The van der Waals surface area contributed by atoms with Gasteiger partial charge in [0.25, 0.3) is 0 Å². The summed E-state index contributed by atoms with van der Waals surface area (Å²) in [6.45, 7) is 2.18. The molecule has 0 spiro atoms. The second-order valence-corrected chi connectivity index (χ2v) is 6.75. The Morgan fingerprint density at radius 3 is 2.65 bits per heavy atom. The van der Waals surface area contributed by atoms with Crippen LogP contribution in [-0.4, -0.2) is 11.5 Å². The van der Waals surface area contributed by atoms with Gasteiger partial charge in [0.15, 0.2) is 6.29 Å². The molecule has 0 radical (unpaired) electrons. The topological polar surface area (TPSA) is 17.1 Å². The standard InChI is InChI=1S/C15H17F3OS/c1-10-3-2-4-12(7-10)20-13-6-5-11(9-19)14(8-13)15(16,17)18/h5-6,8-10,12H,2-4,7H2,1H3. The summed E-state index contributed by atoms with van der Waals surface area (Å²) in [7, 11) is 0. The van der Waals surface area contributed by atoms with Gasteiger partial charge in [0.1, 0.15) is 0 Å². The maximum atomic E-state index is 12.9. The summed E-state index contributed by atoms with van der Waals surface area (Å²) in [5, 5.41) is 0.377. The molecule has 1 nitrogen and oxygen atoms in total. The zero-order chi connectivity index (χ0) is 14.8. The van der Waals surface area contributed by atoms with Crippen molar-refractivity contribution in [3.8, 4) is 0 Å². The molecule has 2 rings (SSSR count). The molecule has 2 unspecified atom stereocenters. The molecule has 1 saturated carbocycles. The van der Waals surface area contributed by atoms with Crippen LogP contribution in [0.4, 0.5) is 13.2 Å². The molecule has 1 aromatic carbocycles. The van der Waals surface area contributed by atoms with E-state index in [4.69, 9.17) is 0 Å². The van der Waals surface area contributed by atoms with Crippen molar-refractivity contribution in [2.75, 3.05) is 0 Å². The number of benzene rings is 1. The van der Waals surface area contributed by atoms with E-state index in [-0.39, 0.29) is 11.8 Å². The van der Waals surface area contributed by atoms with Crippen molar-refractivity contribution in [3.63, 3.8) is 0 Å². The van der Waals surface area contributed by atoms with Crippen LogP contribution >= 0.6 is 11.8 Å². The Morgan fingerprint density at radius 1 is 1.30 bits per heavy atom. The summed E-state index contributed by atoms with van der Waals surface area (Å²) in [4.78, 5) is 11.3. The van der Waals surface area contributed by atoms with E-state index in [0.29, 0.717) is 16.1 Å². The van der Waals surface area contributed by atoms with Crippen molar-refractivity contribution >= 4 is 18.0 Å². The maximum Gasteiger partial charge on any atom is 0.417 e. The van der Waals surface area contributed by atoms with Crippen LogP contribution in [0.15, 0.2) is 23.1 Å². The number of hydrogen-bond donors (Lipinski definition) is 0. The summed E-state index contributed by atoms with van der Waals surface area (Å²) >= 11 is 1.50. The Labute approximate surface area is 120 Å². The van der Waals surface area contributed by atoms with Crippen molar-refractivity contribution < 1.29 is 18.0 Å². The van der Waals surface area contributed by atoms with Crippen LogP contribution in [0.25, 0.3) is 0 Å². The lowest BCUT2D eigenvalue weighted by molar-refractivity contribution is -0.138. The van der Waals surface area contributed by atoms with E-state index in [1.807, 2.05) is 0 Å². The average molecular weight is 302 g/mol. The van der Waals surface area contributed by atoms with E-state index in [0.717, 1.165) is 25.3 Å². The summed E-state index contributed by atoms with van der Waals surface area (Å²) in [6.07, 6.45) is 0.214. The first-order chi connectivity index (χ1) is 9.40. The zero-order valence-corrected chi connectivity index (χ0v) is 12.1. The predicted octanol–water partition coefficient (Wildman–Crippen LogP) is 5.19. The van der Waals surface area contributed by atoms with Gasteiger partial charge in [-0.2, -0.15) is 13.2 Å². The quantitative estimate of drug-likeness (QED) is 0.715. The zero-order valence-electron chi connectivity index (χ0n) is 11.2. The molecule has 1 aromatic rings. The average Bonchev–Trinajstić information content (AvgIpc) is 2.37. The van der Waals surface area contributed by atoms with Crippen LogP contribution in [0, 0.1) is 5.92 Å². The third kappa shape index (κ3) is 3.78. The van der Waals surface area contributed by atoms with Crippen molar-refractivity contribution in [1.29, 1.82) is 0 Å². The summed E-state index contributed by atoms with van der Waals surface area (Å²) < 4.78 is 38.7. The third-order valence-corrected chi connectivity index (χ3v) is 4.94. The predicted molar refractivity (Wildman–Crippen MR) is 74.1 cm³/mol. The molecule has 1 fully saturated rings. The summed E-state index contributed by atoms with van der Waals surface area (Å²) in [5.74, 6) is 0.637. The van der Waals surface area contributed by atoms with Gasteiger partial charge in [0.05, 0.1) is 5.56 Å². The number of rotatable bonds is 3. The van der Waals surface area contributed by atoms with Crippen molar-refractivity contribution in [1.82, 2.24) is 0 Å². The number of carbonyl (C=O) groups excluding carboxylic acids is 1.